The van der Waals surface area contributed by atoms with Gasteiger partial charge in [0.1, 0.15) is 0 Å². The van der Waals surface area contributed by atoms with Gasteiger partial charge in [0.2, 0.25) is 0 Å². The molecule has 0 aromatic carbocycles. The van der Waals surface area contributed by atoms with Crippen LogP contribution < -0.4 is 4.73 Å². The molecule has 0 bridgehead atoms. The van der Waals surface area contributed by atoms with Crippen LogP contribution in [0, 0.1) is 12.3 Å². The van der Waals surface area contributed by atoms with Crippen molar-refractivity contribution in [1.29, 1.82) is 0 Å². The Labute approximate surface area is 80.1 Å². The molecule has 0 saturated heterocycles. The Balaban J connectivity index is 3.17. The van der Waals surface area contributed by atoms with E-state index in [9.17, 15) is 5.21 Å². The zero-order valence-corrected chi connectivity index (χ0v) is 8.66. The lowest BCUT2D eigenvalue weighted by molar-refractivity contribution is -0.606. The van der Waals surface area contributed by atoms with Gasteiger partial charge in [-0.2, -0.15) is 4.73 Å². The van der Waals surface area contributed by atoms with Crippen LogP contribution in [-0.2, 0) is 0 Å². The van der Waals surface area contributed by atoms with Gasteiger partial charge in [-0.3, -0.25) is 0 Å². The van der Waals surface area contributed by atoms with Crippen molar-refractivity contribution in [2.75, 3.05) is 0 Å². The zero-order chi connectivity index (χ0) is 6.85. The van der Waals surface area contributed by atoms with E-state index in [1.807, 2.05) is 6.07 Å². The minimum absolute atomic E-state index is 0.809. The predicted octanol–water partition coefficient (Wildman–Crippen LogP) is 1.53. The van der Waals surface area contributed by atoms with Crippen molar-refractivity contribution in [3.05, 3.63) is 30.8 Å². The van der Waals surface area contributed by atoms with E-state index in [4.69, 9.17) is 0 Å². The second-order valence-corrected chi connectivity index (χ2v) is 4.02. The van der Waals surface area contributed by atoms with E-state index in [0.717, 1.165) is 11.9 Å². The van der Waals surface area contributed by atoms with Crippen molar-refractivity contribution in [3.63, 3.8) is 0 Å². The molecule has 0 saturated carbocycles. The monoisotopic (exact) mass is 347 g/mol. The molecule has 0 aliphatic heterocycles. The minimum Gasteiger partial charge on any atom is -0.619 e. The summed E-state index contributed by atoms with van der Waals surface area (Å²) >= 11 is 4.21. The topological polar surface area (TPSA) is 26.9 Å². The average Bonchev–Trinajstić information content (AvgIpc) is 1.59. The first-order valence-electron chi connectivity index (χ1n) is 2.23. The van der Waals surface area contributed by atoms with Gasteiger partial charge >= 0.3 is 0 Å². The van der Waals surface area contributed by atoms with Crippen LogP contribution in [0.4, 0.5) is 0 Å². The molecule has 0 spiro atoms. The van der Waals surface area contributed by atoms with Gasteiger partial charge in [-0.25, -0.2) is 0 Å². The molecule has 0 N–H and O–H groups in total. The third-order valence-corrected chi connectivity index (χ3v) is 1.96. The molecule has 0 atom stereocenters. The van der Waals surface area contributed by atoms with Gasteiger partial charge in [0.25, 0.3) is 0 Å². The fourth-order valence-electron chi connectivity index (χ4n) is 0.487. The summed E-state index contributed by atoms with van der Waals surface area (Å²) in [5, 5.41) is 10.6. The van der Waals surface area contributed by atoms with Crippen LogP contribution in [0.25, 0.3) is 0 Å². The van der Waals surface area contributed by atoms with E-state index in [2.05, 4.69) is 45.2 Å². The summed E-state index contributed by atoms with van der Waals surface area (Å²) in [7, 11) is 0. The largest absolute Gasteiger partial charge is 0.619 e. The lowest BCUT2D eigenvalue weighted by Gasteiger charge is -1.94. The smallest absolute Gasteiger partial charge is 0.193 e. The molecule has 2 nitrogen and oxygen atoms in total. The van der Waals surface area contributed by atoms with E-state index in [0.29, 0.717) is 0 Å². The Hall–Kier alpha value is 0.410. The highest BCUT2D eigenvalue weighted by molar-refractivity contribution is 14.1. The molecule has 1 rings (SSSR count). The molecule has 1 aromatic rings. The van der Waals surface area contributed by atoms with Gasteiger partial charge in [0.05, 0.1) is 7.14 Å². The van der Waals surface area contributed by atoms with Gasteiger partial charge in [-0.1, -0.05) is 0 Å². The van der Waals surface area contributed by atoms with Crippen molar-refractivity contribution in [2.24, 2.45) is 0 Å². The van der Waals surface area contributed by atoms with Gasteiger partial charge in [0.15, 0.2) is 12.4 Å². The number of hydrogen-bond acceptors (Lipinski definition) is 1. The Morgan fingerprint density at radius 3 is 2.00 bits per heavy atom. The molecule has 9 heavy (non-hydrogen) atoms. The predicted molar refractivity (Wildman–Crippen MR) is 50.8 cm³/mol. The van der Waals surface area contributed by atoms with Gasteiger partial charge in [-0.05, 0) is 51.2 Å². The van der Waals surface area contributed by atoms with E-state index in [1.165, 1.54) is 12.4 Å². The van der Waals surface area contributed by atoms with Crippen molar-refractivity contribution in [3.8, 4) is 0 Å². The molecule has 4 heteroatoms. The molecule has 1 aromatic heterocycles. The number of aromatic nitrogens is 1. The molecule has 0 aliphatic carbocycles. The summed E-state index contributed by atoms with van der Waals surface area (Å²) in [5.74, 6) is 0. The van der Waals surface area contributed by atoms with Crippen molar-refractivity contribution >= 4 is 45.2 Å². The van der Waals surface area contributed by atoms with E-state index >= 15 is 0 Å². The Bertz CT molecular complexity index is 176. The van der Waals surface area contributed by atoms with Crippen LogP contribution in [0.1, 0.15) is 0 Å². The summed E-state index contributed by atoms with van der Waals surface area (Å²) in [5.41, 5.74) is 0. The first kappa shape index (κ1) is 7.52. The maximum absolute atomic E-state index is 10.6. The van der Waals surface area contributed by atoms with Crippen molar-refractivity contribution in [1.82, 2.24) is 0 Å². The Morgan fingerprint density at radius 1 is 1.22 bits per heavy atom. The summed E-state index contributed by atoms with van der Waals surface area (Å²) in [6, 6.07) is 1.94. The molecule has 48 valence electrons. The van der Waals surface area contributed by atoms with E-state index < -0.39 is 0 Å². The van der Waals surface area contributed by atoms with Crippen LogP contribution in [0.15, 0.2) is 18.5 Å². The van der Waals surface area contributed by atoms with E-state index in [1.54, 1.807) is 0 Å². The Morgan fingerprint density at radius 2 is 1.67 bits per heavy atom. The zero-order valence-electron chi connectivity index (χ0n) is 4.34. The minimum atomic E-state index is 0.809. The highest BCUT2D eigenvalue weighted by atomic mass is 127. The lowest BCUT2D eigenvalue weighted by atomic mass is 10.5. The summed E-state index contributed by atoms with van der Waals surface area (Å²) in [4.78, 5) is 0. The van der Waals surface area contributed by atoms with Crippen LogP contribution in [0.5, 0.6) is 0 Å². The standard InChI is InChI=1S/C5H3I2NO/c6-4-1-5(7)3-8(9)2-4/h1-3H. The van der Waals surface area contributed by atoms with Crippen LogP contribution in [0.2, 0.25) is 0 Å². The second-order valence-electron chi connectivity index (χ2n) is 1.53. The third kappa shape index (κ3) is 2.24. The highest BCUT2D eigenvalue weighted by Crippen LogP contribution is 2.05. The molecule has 1 heterocycles. The first-order valence-corrected chi connectivity index (χ1v) is 4.39. The van der Waals surface area contributed by atoms with Gasteiger partial charge in [-0.15, -0.1) is 0 Å². The lowest BCUT2D eigenvalue weighted by Crippen LogP contribution is -2.25. The maximum atomic E-state index is 10.6. The van der Waals surface area contributed by atoms with Crippen LogP contribution >= 0.6 is 45.2 Å². The first-order chi connectivity index (χ1) is 4.18. The number of hydrogen-bond donors (Lipinski definition) is 0. The average molecular weight is 347 g/mol. The molecule has 0 fully saturated rings. The molecule has 0 aliphatic rings. The molecular formula is C5H3I2NO. The van der Waals surface area contributed by atoms with E-state index in [-0.39, 0.29) is 0 Å². The number of halogens is 2. The third-order valence-electron chi connectivity index (χ3n) is 0.777. The van der Waals surface area contributed by atoms with Crippen molar-refractivity contribution in [2.45, 2.75) is 0 Å². The van der Waals surface area contributed by atoms with Crippen LogP contribution in [0.3, 0.4) is 0 Å². The van der Waals surface area contributed by atoms with Crippen molar-refractivity contribution < 1.29 is 4.73 Å². The SMILES string of the molecule is [O-][n+]1cc(I)cc(I)c1. The molecule has 0 radical (unpaired) electrons. The Kier molecular flexibility index (Phi) is 2.50. The quantitative estimate of drug-likeness (QED) is 0.397. The second kappa shape index (κ2) is 3.00. The van der Waals surface area contributed by atoms with Crippen LogP contribution in [-0.4, -0.2) is 0 Å². The highest BCUT2D eigenvalue weighted by Gasteiger charge is 1.95. The molecule has 0 amide bonds. The molecule has 0 unspecified atom stereocenters. The maximum Gasteiger partial charge on any atom is 0.193 e. The number of nitrogens with zero attached hydrogens (tertiary/aromatic N) is 1. The molecular weight excluding hydrogens is 344 g/mol. The van der Waals surface area contributed by atoms with Gasteiger partial charge in [0, 0.05) is 0 Å². The number of rotatable bonds is 0. The summed E-state index contributed by atoms with van der Waals surface area (Å²) < 4.78 is 2.74. The summed E-state index contributed by atoms with van der Waals surface area (Å²) in [6.07, 6.45) is 3.06. The fourth-order valence-corrected chi connectivity index (χ4v) is 2.30. The number of pyridine rings is 1. The fraction of sp³-hybridized carbons (Fsp3) is 0. The normalized spacial score (nSPS) is 9.56. The van der Waals surface area contributed by atoms with Gasteiger partial charge < -0.3 is 5.21 Å². The summed E-state index contributed by atoms with van der Waals surface area (Å²) in [6.45, 7) is 0.